The quantitative estimate of drug-likeness (QED) is 0.841. The normalized spacial score (nSPS) is 23.1. The van der Waals surface area contributed by atoms with Gasteiger partial charge in [0, 0.05) is 12.7 Å². The molecule has 96 valence electrons. The highest BCUT2D eigenvalue weighted by atomic mass is 16.5. The van der Waals surface area contributed by atoms with E-state index in [1.54, 1.807) is 0 Å². The van der Waals surface area contributed by atoms with E-state index < -0.39 is 0 Å². The molecule has 2 heterocycles. The molecule has 1 N–H and O–H groups in total. The van der Waals surface area contributed by atoms with Crippen LogP contribution in [-0.2, 0) is 17.8 Å². The Morgan fingerprint density at radius 3 is 3.06 bits per heavy atom. The van der Waals surface area contributed by atoms with E-state index in [2.05, 4.69) is 36.4 Å². The van der Waals surface area contributed by atoms with Crippen molar-refractivity contribution in [1.29, 1.82) is 0 Å². The van der Waals surface area contributed by atoms with Crippen LogP contribution in [0, 0.1) is 0 Å². The zero-order valence-corrected chi connectivity index (χ0v) is 10.9. The summed E-state index contributed by atoms with van der Waals surface area (Å²) < 4.78 is 7.83. The van der Waals surface area contributed by atoms with Crippen LogP contribution < -0.4 is 5.32 Å². The van der Waals surface area contributed by atoms with E-state index in [0.717, 1.165) is 38.2 Å². The molecule has 1 aliphatic rings. The molecule has 5 heteroatoms. The van der Waals surface area contributed by atoms with Gasteiger partial charge in [-0.3, -0.25) is 0 Å². The fraction of sp³-hybridized carbons (Fsp3) is 0.833. The largest absolute Gasteiger partial charge is 0.370 e. The Hall–Kier alpha value is -0.940. The summed E-state index contributed by atoms with van der Waals surface area (Å²) in [6.45, 7) is 8.91. The number of nitrogens with one attached hydrogen (secondary N) is 1. The van der Waals surface area contributed by atoms with Crippen molar-refractivity contribution >= 4 is 0 Å². The molecule has 5 nitrogen and oxygen atoms in total. The van der Waals surface area contributed by atoms with Gasteiger partial charge in [0.15, 0.2) is 0 Å². The fourth-order valence-corrected chi connectivity index (χ4v) is 2.18. The number of aromatic nitrogens is 3. The molecule has 1 aliphatic heterocycles. The number of hydrogen-bond donors (Lipinski definition) is 1. The molecule has 17 heavy (non-hydrogen) atoms. The number of ether oxygens (including phenoxy) is 1. The second-order valence-electron chi connectivity index (χ2n) is 5.25. The lowest BCUT2D eigenvalue weighted by molar-refractivity contribution is -0.0231. The van der Waals surface area contributed by atoms with Crippen LogP contribution in [-0.4, -0.2) is 33.2 Å². The van der Waals surface area contributed by atoms with E-state index in [0.29, 0.717) is 0 Å². The number of rotatable bonds is 5. The zero-order chi connectivity index (χ0) is 12.3. The summed E-state index contributed by atoms with van der Waals surface area (Å²) in [6, 6.07) is 0. The molecular formula is C12H22N4O. The van der Waals surface area contributed by atoms with Gasteiger partial charge in [0.1, 0.15) is 0 Å². The van der Waals surface area contributed by atoms with Crippen LogP contribution in [0.15, 0.2) is 6.20 Å². The summed E-state index contributed by atoms with van der Waals surface area (Å²) in [7, 11) is 0. The Labute approximate surface area is 103 Å². The summed E-state index contributed by atoms with van der Waals surface area (Å²) in [5.74, 6) is 0. The smallest absolute Gasteiger partial charge is 0.0964 e. The standard InChI is InChI=1S/C12H22N4O/c1-4-13-7-10-8-16(15-14-10)9-11-5-6-12(2,3)17-11/h8,11,13H,4-7,9H2,1-3H3. The monoisotopic (exact) mass is 238 g/mol. The minimum atomic E-state index is 0.0256. The van der Waals surface area contributed by atoms with E-state index in [1.807, 2.05) is 10.9 Å². The summed E-state index contributed by atoms with van der Waals surface area (Å²) in [4.78, 5) is 0. The van der Waals surface area contributed by atoms with Crippen molar-refractivity contribution in [2.24, 2.45) is 0 Å². The molecule has 1 aromatic rings. The number of hydrogen-bond acceptors (Lipinski definition) is 4. The lowest BCUT2D eigenvalue weighted by atomic mass is 10.1. The maximum atomic E-state index is 5.94. The molecule has 0 bridgehead atoms. The predicted octanol–water partition coefficient (Wildman–Crippen LogP) is 1.35. The zero-order valence-electron chi connectivity index (χ0n) is 10.9. The third-order valence-electron chi connectivity index (χ3n) is 3.09. The van der Waals surface area contributed by atoms with E-state index in [1.165, 1.54) is 0 Å². The third-order valence-corrected chi connectivity index (χ3v) is 3.09. The molecule has 0 amide bonds. The van der Waals surface area contributed by atoms with Gasteiger partial charge < -0.3 is 10.1 Å². The van der Waals surface area contributed by atoms with E-state index in [-0.39, 0.29) is 11.7 Å². The van der Waals surface area contributed by atoms with Gasteiger partial charge in [-0.2, -0.15) is 0 Å². The second-order valence-corrected chi connectivity index (χ2v) is 5.25. The van der Waals surface area contributed by atoms with Crippen LogP contribution >= 0.6 is 0 Å². The van der Waals surface area contributed by atoms with Gasteiger partial charge in [0.05, 0.1) is 23.9 Å². The maximum Gasteiger partial charge on any atom is 0.0964 e. The Kier molecular flexibility index (Phi) is 3.79. The summed E-state index contributed by atoms with van der Waals surface area (Å²) in [5.41, 5.74) is 1.02. The van der Waals surface area contributed by atoms with Gasteiger partial charge in [-0.1, -0.05) is 12.1 Å². The Morgan fingerprint density at radius 1 is 1.59 bits per heavy atom. The van der Waals surface area contributed by atoms with Gasteiger partial charge in [0.25, 0.3) is 0 Å². The van der Waals surface area contributed by atoms with Crippen molar-refractivity contribution in [3.63, 3.8) is 0 Å². The number of nitrogens with zero attached hydrogens (tertiary/aromatic N) is 3. The van der Waals surface area contributed by atoms with Crippen molar-refractivity contribution in [3.8, 4) is 0 Å². The van der Waals surface area contributed by atoms with Crippen LogP contribution in [0.4, 0.5) is 0 Å². The summed E-state index contributed by atoms with van der Waals surface area (Å²) in [6.07, 6.45) is 4.50. The molecule has 1 unspecified atom stereocenters. The molecule has 0 spiro atoms. The molecule has 0 radical (unpaired) electrons. The minimum absolute atomic E-state index is 0.0256. The van der Waals surface area contributed by atoms with Crippen LogP contribution in [0.25, 0.3) is 0 Å². The summed E-state index contributed by atoms with van der Waals surface area (Å²) in [5, 5.41) is 11.5. The first-order valence-corrected chi connectivity index (χ1v) is 6.36. The second kappa shape index (κ2) is 5.14. The molecule has 1 fully saturated rings. The highest BCUT2D eigenvalue weighted by Crippen LogP contribution is 2.29. The van der Waals surface area contributed by atoms with Crippen molar-refractivity contribution in [1.82, 2.24) is 20.3 Å². The van der Waals surface area contributed by atoms with E-state index in [9.17, 15) is 0 Å². The van der Waals surface area contributed by atoms with Gasteiger partial charge in [-0.05, 0) is 33.2 Å². The van der Waals surface area contributed by atoms with Gasteiger partial charge in [-0.15, -0.1) is 5.10 Å². The van der Waals surface area contributed by atoms with E-state index in [4.69, 9.17) is 4.74 Å². The Balaban J connectivity index is 1.85. The van der Waals surface area contributed by atoms with Gasteiger partial charge in [-0.25, -0.2) is 4.68 Å². The van der Waals surface area contributed by atoms with Gasteiger partial charge in [0.2, 0.25) is 0 Å². The van der Waals surface area contributed by atoms with Crippen molar-refractivity contribution in [2.45, 2.75) is 58.4 Å². The molecule has 0 aliphatic carbocycles. The van der Waals surface area contributed by atoms with Crippen molar-refractivity contribution in [3.05, 3.63) is 11.9 Å². The topological polar surface area (TPSA) is 52.0 Å². The molecule has 1 saturated heterocycles. The highest BCUT2D eigenvalue weighted by molar-refractivity contribution is 4.92. The average Bonchev–Trinajstić information content (AvgIpc) is 2.83. The lowest BCUT2D eigenvalue weighted by Crippen LogP contribution is -2.23. The van der Waals surface area contributed by atoms with Crippen LogP contribution in [0.2, 0.25) is 0 Å². The highest BCUT2D eigenvalue weighted by Gasteiger charge is 2.31. The fourth-order valence-electron chi connectivity index (χ4n) is 2.18. The third kappa shape index (κ3) is 3.51. The van der Waals surface area contributed by atoms with Crippen LogP contribution in [0.5, 0.6) is 0 Å². The first-order chi connectivity index (χ1) is 8.09. The Morgan fingerprint density at radius 2 is 2.41 bits per heavy atom. The maximum absolute atomic E-state index is 5.94. The SMILES string of the molecule is CCNCc1cn(CC2CCC(C)(C)O2)nn1. The molecular weight excluding hydrogens is 216 g/mol. The van der Waals surface area contributed by atoms with Crippen molar-refractivity contribution in [2.75, 3.05) is 6.54 Å². The Bertz CT molecular complexity index is 361. The first-order valence-electron chi connectivity index (χ1n) is 6.36. The lowest BCUT2D eigenvalue weighted by Gasteiger charge is -2.18. The van der Waals surface area contributed by atoms with Crippen LogP contribution in [0.1, 0.15) is 39.3 Å². The van der Waals surface area contributed by atoms with Crippen LogP contribution in [0.3, 0.4) is 0 Å². The molecule has 1 atom stereocenters. The molecule has 1 aromatic heterocycles. The summed E-state index contributed by atoms with van der Waals surface area (Å²) >= 11 is 0. The molecule has 0 saturated carbocycles. The molecule has 2 rings (SSSR count). The average molecular weight is 238 g/mol. The predicted molar refractivity (Wildman–Crippen MR) is 65.6 cm³/mol. The van der Waals surface area contributed by atoms with Crippen molar-refractivity contribution < 1.29 is 4.74 Å². The molecule has 0 aromatic carbocycles. The van der Waals surface area contributed by atoms with Gasteiger partial charge >= 0.3 is 0 Å². The minimum Gasteiger partial charge on any atom is -0.370 e. The van der Waals surface area contributed by atoms with E-state index >= 15 is 0 Å². The first kappa shape index (κ1) is 12.5.